The number of nitrogens with zero attached hydrogens (tertiary/aromatic N) is 2. The largest absolute Gasteiger partial charge is 0.477 e. The average molecular weight is 277 g/mol. The standard InChI is InChI=1S/C13H15N3O2S/c1-13(2,3)16-10-7-8(12(17)18)14-11(15-10)9-5-4-6-19-9/h4-7H,1-3H3,(H,17,18)(H,14,15,16). The summed E-state index contributed by atoms with van der Waals surface area (Å²) in [6, 6.07) is 5.20. The molecule has 0 radical (unpaired) electrons. The molecule has 0 aliphatic carbocycles. The lowest BCUT2D eigenvalue weighted by Crippen LogP contribution is -2.27. The van der Waals surface area contributed by atoms with Crippen LogP contribution in [0, 0.1) is 0 Å². The smallest absolute Gasteiger partial charge is 0.354 e. The Morgan fingerprint density at radius 2 is 2.11 bits per heavy atom. The third-order valence-electron chi connectivity index (χ3n) is 2.19. The van der Waals surface area contributed by atoms with Crippen LogP contribution in [0.15, 0.2) is 23.6 Å². The molecule has 2 rings (SSSR count). The van der Waals surface area contributed by atoms with Crippen LogP contribution in [0.1, 0.15) is 31.3 Å². The van der Waals surface area contributed by atoms with Gasteiger partial charge in [0.2, 0.25) is 0 Å². The lowest BCUT2D eigenvalue weighted by Gasteiger charge is -2.21. The van der Waals surface area contributed by atoms with Crippen molar-refractivity contribution in [2.45, 2.75) is 26.3 Å². The van der Waals surface area contributed by atoms with Gasteiger partial charge in [-0.25, -0.2) is 14.8 Å². The molecule has 6 heteroatoms. The highest BCUT2D eigenvalue weighted by Gasteiger charge is 2.16. The van der Waals surface area contributed by atoms with Gasteiger partial charge in [-0.05, 0) is 32.2 Å². The van der Waals surface area contributed by atoms with Crippen molar-refractivity contribution < 1.29 is 9.90 Å². The van der Waals surface area contributed by atoms with Gasteiger partial charge in [-0.15, -0.1) is 11.3 Å². The van der Waals surface area contributed by atoms with Gasteiger partial charge in [0.25, 0.3) is 0 Å². The van der Waals surface area contributed by atoms with E-state index in [1.807, 2.05) is 38.3 Å². The Bertz CT molecular complexity index is 588. The summed E-state index contributed by atoms with van der Waals surface area (Å²) in [5, 5.41) is 14.2. The highest BCUT2D eigenvalue weighted by molar-refractivity contribution is 7.13. The fourth-order valence-corrected chi connectivity index (χ4v) is 2.18. The second kappa shape index (κ2) is 4.97. The Morgan fingerprint density at radius 3 is 2.63 bits per heavy atom. The van der Waals surface area contributed by atoms with Crippen molar-refractivity contribution in [3.63, 3.8) is 0 Å². The minimum atomic E-state index is -1.06. The number of carboxylic acids is 1. The number of nitrogens with one attached hydrogen (secondary N) is 1. The van der Waals surface area contributed by atoms with Crippen molar-refractivity contribution in [2.24, 2.45) is 0 Å². The molecule has 0 aliphatic heterocycles. The van der Waals surface area contributed by atoms with Gasteiger partial charge in [0, 0.05) is 11.6 Å². The van der Waals surface area contributed by atoms with E-state index in [4.69, 9.17) is 5.11 Å². The first-order valence-electron chi connectivity index (χ1n) is 5.79. The van der Waals surface area contributed by atoms with E-state index in [2.05, 4.69) is 15.3 Å². The van der Waals surface area contributed by atoms with Gasteiger partial charge in [0.05, 0.1) is 4.88 Å². The molecule has 0 atom stereocenters. The first kappa shape index (κ1) is 13.5. The van der Waals surface area contributed by atoms with E-state index in [0.29, 0.717) is 11.6 Å². The maximum Gasteiger partial charge on any atom is 0.354 e. The maximum absolute atomic E-state index is 11.1. The number of anilines is 1. The summed E-state index contributed by atoms with van der Waals surface area (Å²) in [7, 11) is 0. The minimum absolute atomic E-state index is 0.00912. The van der Waals surface area contributed by atoms with Crippen molar-refractivity contribution in [3.05, 3.63) is 29.3 Å². The van der Waals surface area contributed by atoms with Crippen LogP contribution in [0.4, 0.5) is 5.82 Å². The lowest BCUT2D eigenvalue weighted by molar-refractivity contribution is 0.0690. The molecule has 2 N–H and O–H groups in total. The molecular formula is C13H15N3O2S. The molecule has 2 heterocycles. The number of carbonyl (C=O) groups is 1. The molecule has 0 aromatic carbocycles. The van der Waals surface area contributed by atoms with Gasteiger partial charge in [0.15, 0.2) is 11.5 Å². The fourth-order valence-electron chi connectivity index (χ4n) is 1.52. The van der Waals surface area contributed by atoms with Crippen molar-refractivity contribution in [1.29, 1.82) is 0 Å². The molecule has 0 saturated heterocycles. The summed E-state index contributed by atoms with van der Waals surface area (Å²) in [6.07, 6.45) is 0. The molecule has 2 aromatic rings. The highest BCUT2D eigenvalue weighted by Crippen LogP contribution is 2.24. The Labute approximate surface area is 115 Å². The number of carboxylic acid groups (broad SMARTS) is 1. The zero-order chi connectivity index (χ0) is 14.0. The number of rotatable bonds is 3. The van der Waals surface area contributed by atoms with Crippen molar-refractivity contribution >= 4 is 23.1 Å². The van der Waals surface area contributed by atoms with Crippen LogP contribution < -0.4 is 5.32 Å². The van der Waals surface area contributed by atoms with Crippen molar-refractivity contribution in [1.82, 2.24) is 9.97 Å². The first-order chi connectivity index (χ1) is 8.85. The van der Waals surface area contributed by atoms with Gasteiger partial charge >= 0.3 is 5.97 Å². The highest BCUT2D eigenvalue weighted by atomic mass is 32.1. The lowest BCUT2D eigenvalue weighted by atomic mass is 10.1. The van der Waals surface area contributed by atoms with E-state index in [0.717, 1.165) is 4.88 Å². The van der Waals surface area contributed by atoms with E-state index in [9.17, 15) is 4.79 Å². The van der Waals surface area contributed by atoms with E-state index in [-0.39, 0.29) is 11.2 Å². The van der Waals surface area contributed by atoms with E-state index < -0.39 is 5.97 Å². The number of aromatic nitrogens is 2. The SMILES string of the molecule is CC(C)(C)Nc1cc(C(=O)O)nc(-c2cccs2)n1. The molecule has 0 fully saturated rings. The Morgan fingerprint density at radius 1 is 1.37 bits per heavy atom. The summed E-state index contributed by atoms with van der Waals surface area (Å²) in [6.45, 7) is 5.96. The summed E-state index contributed by atoms with van der Waals surface area (Å²) >= 11 is 1.48. The Balaban J connectivity index is 2.47. The molecule has 0 spiro atoms. The number of thiophene rings is 1. The fraction of sp³-hybridized carbons (Fsp3) is 0.308. The third kappa shape index (κ3) is 3.51. The molecule has 5 nitrogen and oxygen atoms in total. The second-order valence-corrected chi connectivity index (χ2v) is 6.07. The molecule has 19 heavy (non-hydrogen) atoms. The molecule has 0 amide bonds. The molecular weight excluding hydrogens is 262 g/mol. The topological polar surface area (TPSA) is 75.1 Å². The maximum atomic E-state index is 11.1. The average Bonchev–Trinajstić information content (AvgIpc) is 2.79. The number of aromatic carboxylic acids is 1. The first-order valence-corrected chi connectivity index (χ1v) is 6.67. The van der Waals surface area contributed by atoms with E-state index >= 15 is 0 Å². The van der Waals surface area contributed by atoms with Crippen LogP contribution in [-0.2, 0) is 0 Å². The zero-order valence-corrected chi connectivity index (χ0v) is 11.8. The molecule has 2 aromatic heterocycles. The minimum Gasteiger partial charge on any atom is -0.477 e. The Kier molecular flexibility index (Phi) is 3.53. The molecule has 0 saturated carbocycles. The summed E-state index contributed by atoms with van der Waals surface area (Å²) in [5.74, 6) is -0.109. The van der Waals surface area contributed by atoms with Gasteiger partial charge in [-0.1, -0.05) is 6.07 Å². The van der Waals surface area contributed by atoms with Crippen LogP contribution >= 0.6 is 11.3 Å². The number of hydrogen-bond acceptors (Lipinski definition) is 5. The van der Waals surface area contributed by atoms with Gasteiger partial charge < -0.3 is 10.4 Å². The monoisotopic (exact) mass is 277 g/mol. The predicted molar refractivity (Wildman–Crippen MR) is 75.7 cm³/mol. The third-order valence-corrected chi connectivity index (χ3v) is 3.06. The predicted octanol–water partition coefficient (Wildman–Crippen LogP) is 3.11. The van der Waals surface area contributed by atoms with Gasteiger partial charge in [-0.3, -0.25) is 0 Å². The van der Waals surface area contributed by atoms with Crippen LogP contribution in [0.3, 0.4) is 0 Å². The summed E-state index contributed by atoms with van der Waals surface area (Å²) in [4.78, 5) is 20.4. The van der Waals surface area contributed by atoms with E-state index in [1.54, 1.807) is 0 Å². The molecule has 0 unspecified atom stereocenters. The van der Waals surface area contributed by atoms with Crippen LogP contribution in [0.2, 0.25) is 0 Å². The van der Waals surface area contributed by atoms with Crippen LogP contribution in [0.25, 0.3) is 10.7 Å². The molecule has 0 aliphatic rings. The molecule has 0 bridgehead atoms. The second-order valence-electron chi connectivity index (χ2n) is 5.12. The summed E-state index contributed by atoms with van der Waals surface area (Å²) < 4.78 is 0. The number of hydrogen-bond donors (Lipinski definition) is 2. The van der Waals surface area contributed by atoms with E-state index in [1.165, 1.54) is 17.4 Å². The quantitative estimate of drug-likeness (QED) is 0.901. The van der Waals surface area contributed by atoms with Gasteiger partial charge in [0.1, 0.15) is 5.82 Å². The normalized spacial score (nSPS) is 11.3. The summed E-state index contributed by atoms with van der Waals surface area (Å²) in [5.41, 5.74) is -0.207. The van der Waals surface area contributed by atoms with Crippen molar-refractivity contribution in [2.75, 3.05) is 5.32 Å². The zero-order valence-electron chi connectivity index (χ0n) is 11.0. The van der Waals surface area contributed by atoms with Gasteiger partial charge in [-0.2, -0.15) is 0 Å². The Hall–Kier alpha value is -1.95. The molecule has 100 valence electrons. The van der Waals surface area contributed by atoms with Crippen LogP contribution in [-0.4, -0.2) is 26.6 Å². The van der Waals surface area contributed by atoms with Crippen molar-refractivity contribution in [3.8, 4) is 10.7 Å². The van der Waals surface area contributed by atoms with Crippen LogP contribution in [0.5, 0.6) is 0 Å².